The molecule has 4 N–H and O–H groups in total. The summed E-state index contributed by atoms with van der Waals surface area (Å²) in [5.41, 5.74) is 3.92. The first-order chi connectivity index (χ1) is 9.75. The Kier molecular flexibility index (Phi) is 4.47. The zero-order valence-corrected chi connectivity index (χ0v) is 11.2. The van der Waals surface area contributed by atoms with E-state index in [1.165, 1.54) is 0 Å². The average molecular weight is 268 g/mol. The van der Waals surface area contributed by atoms with Crippen LogP contribution in [0.15, 0.2) is 30.3 Å². The average Bonchev–Trinajstić information content (AvgIpc) is 2.47. The zero-order chi connectivity index (χ0) is 14.4. The van der Waals surface area contributed by atoms with Crippen LogP contribution in [-0.4, -0.2) is 9.97 Å². The van der Waals surface area contributed by atoms with Gasteiger partial charge in [0.1, 0.15) is 17.5 Å². The van der Waals surface area contributed by atoms with Crippen molar-refractivity contribution in [1.82, 2.24) is 9.97 Å². The van der Waals surface area contributed by atoms with Crippen LogP contribution in [0.1, 0.15) is 24.7 Å². The molecule has 2 rings (SSSR count). The number of nitrogens with two attached hydrogens (primary N) is 1. The summed E-state index contributed by atoms with van der Waals surface area (Å²) in [7, 11) is 0. The molecule has 6 heteroatoms. The first-order valence-electron chi connectivity index (χ1n) is 6.37. The van der Waals surface area contributed by atoms with Gasteiger partial charge in [0, 0.05) is 18.2 Å². The summed E-state index contributed by atoms with van der Waals surface area (Å²) in [4.78, 5) is 8.70. The molecule has 102 valence electrons. The molecule has 0 saturated heterocycles. The highest BCUT2D eigenvalue weighted by molar-refractivity contribution is 5.60. The Balaban J connectivity index is 2.27. The highest BCUT2D eigenvalue weighted by Crippen LogP contribution is 2.18. The van der Waals surface area contributed by atoms with E-state index < -0.39 is 0 Å². The van der Waals surface area contributed by atoms with Crippen molar-refractivity contribution in [2.45, 2.75) is 19.8 Å². The minimum Gasteiger partial charge on any atom is -0.340 e. The second kappa shape index (κ2) is 6.50. The monoisotopic (exact) mass is 268 g/mol. The number of nitrogen functional groups attached to an aromatic ring is 1. The lowest BCUT2D eigenvalue weighted by atomic mass is 10.2. The van der Waals surface area contributed by atoms with Crippen LogP contribution in [0.2, 0.25) is 0 Å². The molecule has 1 aromatic heterocycles. The van der Waals surface area contributed by atoms with Crippen molar-refractivity contribution in [3.05, 3.63) is 41.7 Å². The summed E-state index contributed by atoms with van der Waals surface area (Å²) in [6.45, 7) is 2.06. The van der Waals surface area contributed by atoms with Crippen molar-refractivity contribution >= 4 is 17.3 Å². The third kappa shape index (κ3) is 3.43. The van der Waals surface area contributed by atoms with Crippen LogP contribution in [0.5, 0.6) is 0 Å². The third-order valence-electron chi connectivity index (χ3n) is 2.66. The van der Waals surface area contributed by atoms with E-state index in [1.807, 2.05) is 12.1 Å². The fourth-order valence-corrected chi connectivity index (χ4v) is 1.78. The molecular formula is C14H16N6. The molecule has 0 atom stereocenters. The van der Waals surface area contributed by atoms with Gasteiger partial charge in [-0.1, -0.05) is 13.0 Å². The number of aromatic nitrogens is 2. The maximum absolute atomic E-state index is 8.89. The summed E-state index contributed by atoms with van der Waals surface area (Å²) >= 11 is 0. The molecule has 0 bridgehead atoms. The van der Waals surface area contributed by atoms with Gasteiger partial charge in [-0.15, -0.1) is 0 Å². The third-order valence-corrected chi connectivity index (χ3v) is 2.66. The summed E-state index contributed by atoms with van der Waals surface area (Å²) < 4.78 is 0. The fraction of sp³-hybridized carbons (Fsp3) is 0.214. The van der Waals surface area contributed by atoms with Crippen LogP contribution in [-0.2, 0) is 6.42 Å². The van der Waals surface area contributed by atoms with E-state index >= 15 is 0 Å². The quantitative estimate of drug-likeness (QED) is 0.568. The number of anilines is 3. The van der Waals surface area contributed by atoms with Crippen molar-refractivity contribution < 1.29 is 0 Å². The molecule has 0 aliphatic rings. The Labute approximate surface area is 117 Å². The molecule has 1 aromatic carbocycles. The van der Waals surface area contributed by atoms with E-state index in [2.05, 4.69) is 33.7 Å². The molecule has 6 nitrogen and oxygen atoms in total. The van der Waals surface area contributed by atoms with E-state index in [1.54, 1.807) is 18.2 Å². The maximum Gasteiger partial charge on any atom is 0.145 e. The first kappa shape index (κ1) is 13.8. The minimum absolute atomic E-state index is 0.558. The van der Waals surface area contributed by atoms with Gasteiger partial charge in [0.2, 0.25) is 0 Å². The normalized spacial score (nSPS) is 9.85. The van der Waals surface area contributed by atoms with Gasteiger partial charge < -0.3 is 10.7 Å². The van der Waals surface area contributed by atoms with Crippen molar-refractivity contribution in [1.29, 1.82) is 5.26 Å². The molecule has 0 aliphatic heterocycles. The lowest BCUT2D eigenvalue weighted by Crippen LogP contribution is -2.11. The van der Waals surface area contributed by atoms with Gasteiger partial charge in [-0.2, -0.15) is 5.26 Å². The van der Waals surface area contributed by atoms with Crippen LogP contribution in [0.25, 0.3) is 0 Å². The molecule has 2 aromatic rings. The number of aryl methyl sites for hydroxylation is 1. The van der Waals surface area contributed by atoms with E-state index in [0.717, 1.165) is 24.4 Å². The van der Waals surface area contributed by atoms with Crippen molar-refractivity contribution in [3.8, 4) is 6.07 Å². The maximum atomic E-state index is 8.89. The molecule has 0 unspecified atom stereocenters. The van der Waals surface area contributed by atoms with Gasteiger partial charge in [0.05, 0.1) is 11.6 Å². The highest BCUT2D eigenvalue weighted by atomic mass is 15.3. The van der Waals surface area contributed by atoms with Crippen molar-refractivity contribution in [2.75, 3.05) is 10.7 Å². The van der Waals surface area contributed by atoms with Gasteiger partial charge >= 0.3 is 0 Å². The molecule has 0 fully saturated rings. The standard InChI is InChI=1S/C14H16N6/c1-2-4-12-18-13(8-14(19-12)20-16)17-11-6-3-5-10(7-11)9-15/h3,5-8H,2,4,16H2,1H3,(H2,17,18,19,20). The Bertz CT molecular complexity index is 632. The van der Waals surface area contributed by atoms with E-state index in [9.17, 15) is 0 Å². The zero-order valence-electron chi connectivity index (χ0n) is 11.2. The van der Waals surface area contributed by atoms with Gasteiger partial charge in [-0.3, -0.25) is 0 Å². The van der Waals surface area contributed by atoms with Gasteiger partial charge in [-0.05, 0) is 24.6 Å². The highest BCUT2D eigenvalue weighted by Gasteiger charge is 2.04. The topological polar surface area (TPSA) is 99.6 Å². The Morgan fingerprint density at radius 1 is 1.25 bits per heavy atom. The minimum atomic E-state index is 0.558. The number of hydrogen-bond donors (Lipinski definition) is 3. The molecular weight excluding hydrogens is 252 g/mol. The molecule has 1 heterocycles. The van der Waals surface area contributed by atoms with Crippen LogP contribution >= 0.6 is 0 Å². The molecule has 20 heavy (non-hydrogen) atoms. The lowest BCUT2D eigenvalue weighted by molar-refractivity contribution is 0.837. The number of nitrogens with zero attached hydrogens (tertiary/aromatic N) is 3. The Morgan fingerprint density at radius 3 is 2.75 bits per heavy atom. The lowest BCUT2D eigenvalue weighted by Gasteiger charge is -2.09. The van der Waals surface area contributed by atoms with Crippen LogP contribution in [0.3, 0.4) is 0 Å². The van der Waals surface area contributed by atoms with Gasteiger partial charge in [0.25, 0.3) is 0 Å². The second-order valence-electron chi connectivity index (χ2n) is 4.27. The van der Waals surface area contributed by atoms with Gasteiger partial charge in [-0.25, -0.2) is 15.8 Å². The predicted octanol–water partition coefficient (Wildman–Crippen LogP) is 2.33. The number of nitrogens with one attached hydrogen (secondary N) is 2. The SMILES string of the molecule is CCCc1nc(NN)cc(Nc2cccc(C#N)c2)n1. The van der Waals surface area contributed by atoms with E-state index in [0.29, 0.717) is 17.2 Å². The number of nitriles is 1. The number of benzene rings is 1. The van der Waals surface area contributed by atoms with E-state index in [4.69, 9.17) is 11.1 Å². The van der Waals surface area contributed by atoms with Crippen molar-refractivity contribution in [3.63, 3.8) is 0 Å². The van der Waals surface area contributed by atoms with Crippen LogP contribution in [0.4, 0.5) is 17.3 Å². The number of rotatable bonds is 5. The summed E-state index contributed by atoms with van der Waals surface area (Å²) in [5, 5.41) is 12.0. The summed E-state index contributed by atoms with van der Waals surface area (Å²) in [6.07, 6.45) is 1.74. The molecule has 0 radical (unpaired) electrons. The Morgan fingerprint density at radius 2 is 2.05 bits per heavy atom. The smallest absolute Gasteiger partial charge is 0.145 e. The largest absolute Gasteiger partial charge is 0.340 e. The first-order valence-corrected chi connectivity index (χ1v) is 6.37. The Hall–Kier alpha value is -2.65. The molecule has 0 amide bonds. The molecule has 0 saturated carbocycles. The second-order valence-corrected chi connectivity index (χ2v) is 4.27. The number of hydrazine groups is 1. The van der Waals surface area contributed by atoms with Crippen LogP contribution in [0, 0.1) is 11.3 Å². The van der Waals surface area contributed by atoms with E-state index in [-0.39, 0.29) is 0 Å². The fourth-order valence-electron chi connectivity index (χ4n) is 1.78. The van der Waals surface area contributed by atoms with Gasteiger partial charge in [0.15, 0.2) is 0 Å². The number of hydrogen-bond acceptors (Lipinski definition) is 6. The summed E-state index contributed by atoms with van der Waals surface area (Å²) in [5.74, 6) is 7.34. The van der Waals surface area contributed by atoms with Crippen LogP contribution < -0.4 is 16.6 Å². The summed E-state index contributed by atoms with van der Waals surface area (Å²) in [6, 6.07) is 11.0. The molecule has 0 spiro atoms. The van der Waals surface area contributed by atoms with Crippen molar-refractivity contribution in [2.24, 2.45) is 5.84 Å². The predicted molar refractivity (Wildman–Crippen MR) is 78.3 cm³/mol. The molecule has 0 aliphatic carbocycles.